The van der Waals surface area contributed by atoms with E-state index in [2.05, 4.69) is 31.7 Å². The van der Waals surface area contributed by atoms with Gasteiger partial charge in [0, 0.05) is 17.9 Å². The molecule has 0 spiro atoms. The molecule has 1 unspecified atom stereocenters. The van der Waals surface area contributed by atoms with Gasteiger partial charge in [-0.3, -0.25) is 0 Å². The van der Waals surface area contributed by atoms with Gasteiger partial charge in [-0.2, -0.15) is 5.26 Å². The van der Waals surface area contributed by atoms with Crippen molar-refractivity contribution in [3.8, 4) is 6.07 Å². The molecule has 0 aromatic carbocycles. The second-order valence-electron chi connectivity index (χ2n) is 4.30. The summed E-state index contributed by atoms with van der Waals surface area (Å²) in [7, 11) is 0. The third-order valence-corrected chi connectivity index (χ3v) is 2.05. The first-order chi connectivity index (χ1) is 6.54. The number of nitriles is 1. The first-order valence-electron chi connectivity index (χ1n) is 4.75. The molecule has 0 saturated carbocycles. The third kappa shape index (κ3) is 2.77. The molecule has 0 N–H and O–H groups in total. The Hall–Kier alpha value is -1.49. The minimum atomic E-state index is -0.121. The van der Waals surface area contributed by atoms with E-state index < -0.39 is 0 Å². The predicted molar refractivity (Wildman–Crippen MR) is 58.1 cm³/mol. The maximum Gasteiger partial charge on any atom is 0.0844 e. The van der Waals surface area contributed by atoms with Crippen LogP contribution >= 0.6 is 0 Å². The maximum atomic E-state index is 8.80. The lowest BCUT2D eigenvalue weighted by Gasteiger charge is -2.32. The first kappa shape index (κ1) is 10.6. The summed E-state index contributed by atoms with van der Waals surface area (Å²) in [6.07, 6.45) is 11.6. The molecule has 1 aliphatic rings. The SMILES string of the molecule is CC(C)(C)N1C=CC=CC(C#N)C=C1. The van der Waals surface area contributed by atoms with Crippen LogP contribution in [0, 0.1) is 17.2 Å². The second kappa shape index (κ2) is 4.15. The summed E-state index contributed by atoms with van der Waals surface area (Å²) in [4.78, 5) is 2.10. The van der Waals surface area contributed by atoms with Gasteiger partial charge >= 0.3 is 0 Å². The predicted octanol–water partition coefficient (Wildman–Crippen LogP) is 2.82. The van der Waals surface area contributed by atoms with E-state index in [1.54, 1.807) is 0 Å². The van der Waals surface area contributed by atoms with Crippen molar-refractivity contribution in [3.63, 3.8) is 0 Å². The van der Waals surface area contributed by atoms with Crippen molar-refractivity contribution >= 4 is 0 Å². The monoisotopic (exact) mass is 188 g/mol. The molecule has 0 saturated heterocycles. The summed E-state index contributed by atoms with van der Waals surface area (Å²) >= 11 is 0. The molecule has 2 heteroatoms. The van der Waals surface area contributed by atoms with Gasteiger partial charge in [0.05, 0.1) is 12.0 Å². The van der Waals surface area contributed by atoms with E-state index >= 15 is 0 Å². The molecule has 0 aliphatic carbocycles. The lowest BCUT2D eigenvalue weighted by atomic mass is 10.1. The number of rotatable bonds is 0. The normalized spacial score (nSPS) is 21.6. The molecule has 0 aromatic heterocycles. The van der Waals surface area contributed by atoms with E-state index in [-0.39, 0.29) is 11.5 Å². The Balaban J connectivity index is 2.89. The summed E-state index contributed by atoms with van der Waals surface area (Å²) in [5.74, 6) is -0.121. The fraction of sp³-hybridized carbons (Fsp3) is 0.417. The highest BCUT2D eigenvalue weighted by molar-refractivity contribution is 5.18. The highest BCUT2D eigenvalue weighted by Gasteiger charge is 2.15. The average Bonchev–Trinajstić information content (AvgIpc) is 2.01. The van der Waals surface area contributed by atoms with Gasteiger partial charge in [-0.1, -0.05) is 12.2 Å². The fourth-order valence-electron chi connectivity index (χ4n) is 1.16. The molecule has 1 heterocycles. The molecule has 2 nitrogen and oxygen atoms in total. The Morgan fingerprint density at radius 3 is 2.43 bits per heavy atom. The minimum absolute atomic E-state index is 0.0538. The van der Waals surface area contributed by atoms with E-state index in [0.717, 1.165) is 0 Å². The zero-order valence-electron chi connectivity index (χ0n) is 8.94. The first-order valence-corrected chi connectivity index (χ1v) is 4.75. The van der Waals surface area contributed by atoms with Crippen LogP contribution in [0.5, 0.6) is 0 Å². The van der Waals surface area contributed by atoms with E-state index in [9.17, 15) is 0 Å². The number of nitrogens with zero attached hydrogens (tertiary/aromatic N) is 2. The van der Waals surface area contributed by atoms with Gasteiger partial charge < -0.3 is 4.90 Å². The molecule has 0 aromatic rings. The Morgan fingerprint density at radius 1 is 1.14 bits per heavy atom. The highest BCUT2D eigenvalue weighted by Crippen LogP contribution is 2.16. The molecule has 0 fully saturated rings. The summed E-state index contributed by atoms with van der Waals surface area (Å²) in [6, 6.07) is 2.21. The topological polar surface area (TPSA) is 27.0 Å². The van der Waals surface area contributed by atoms with E-state index in [0.29, 0.717) is 0 Å². The number of hydrogen-bond donors (Lipinski definition) is 0. The summed E-state index contributed by atoms with van der Waals surface area (Å²) in [6.45, 7) is 6.40. The van der Waals surface area contributed by atoms with E-state index in [4.69, 9.17) is 5.26 Å². The van der Waals surface area contributed by atoms with Crippen LogP contribution < -0.4 is 0 Å². The van der Waals surface area contributed by atoms with Crippen LogP contribution in [0.3, 0.4) is 0 Å². The smallest absolute Gasteiger partial charge is 0.0844 e. The molecule has 0 radical (unpaired) electrons. The van der Waals surface area contributed by atoms with Crippen LogP contribution in [-0.2, 0) is 0 Å². The van der Waals surface area contributed by atoms with Gasteiger partial charge in [-0.25, -0.2) is 0 Å². The van der Waals surface area contributed by atoms with Crippen molar-refractivity contribution < 1.29 is 0 Å². The fourth-order valence-corrected chi connectivity index (χ4v) is 1.16. The standard InChI is InChI=1S/C12H16N2/c1-12(2,3)14-8-5-4-6-11(10-13)7-9-14/h4-9,11H,1-3H3. The Kier molecular flexibility index (Phi) is 3.14. The van der Waals surface area contributed by atoms with E-state index in [1.807, 2.05) is 36.7 Å². The lowest BCUT2D eigenvalue weighted by Crippen LogP contribution is -2.33. The van der Waals surface area contributed by atoms with Crippen LogP contribution in [0.1, 0.15) is 20.8 Å². The van der Waals surface area contributed by atoms with Gasteiger partial charge in [0.15, 0.2) is 0 Å². The van der Waals surface area contributed by atoms with Gasteiger partial charge in [-0.15, -0.1) is 0 Å². The molecule has 14 heavy (non-hydrogen) atoms. The van der Waals surface area contributed by atoms with Crippen LogP contribution in [0.4, 0.5) is 0 Å². The molecular formula is C12H16N2. The van der Waals surface area contributed by atoms with Crippen molar-refractivity contribution in [2.24, 2.45) is 5.92 Å². The minimum Gasteiger partial charge on any atom is -0.349 e. The van der Waals surface area contributed by atoms with E-state index in [1.165, 1.54) is 0 Å². The highest BCUT2D eigenvalue weighted by atomic mass is 15.1. The van der Waals surface area contributed by atoms with Crippen molar-refractivity contribution in [1.29, 1.82) is 5.26 Å². The Bertz CT molecular complexity index is 310. The molecule has 1 aliphatic heterocycles. The second-order valence-corrected chi connectivity index (χ2v) is 4.30. The lowest BCUT2D eigenvalue weighted by molar-refractivity contribution is 0.279. The van der Waals surface area contributed by atoms with Gasteiger partial charge in [0.1, 0.15) is 0 Å². The Labute approximate surface area is 85.8 Å². The van der Waals surface area contributed by atoms with Crippen LogP contribution in [-0.4, -0.2) is 10.4 Å². The van der Waals surface area contributed by atoms with Crippen LogP contribution in [0.15, 0.2) is 36.7 Å². The Morgan fingerprint density at radius 2 is 1.86 bits per heavy atom. The van der Waals surface area contributed by atoms with Crippen molar-refractivity contribution in [2.75, 3.05) is 0 Å². The van der Waals surface area contributed by atoms with Gasteiger partial charge in [-0.05, 0) is 32.9 Å². The van der Waals surface area contributed by atoms with Crippen molar-refractivity contribution in [1.82, 2.24) is 4.90 Å². The largest absolute Gasteiger partial charge is 0.349 e. The third-order valence-electron chi connectivity index (χ3n) is 2.05. The molecule has 1 atom stereocenters. The van der Waals surface area contributed by atoms with Gasteiger partial charge in [0.25, 0.3) is 0 Å². The number of hydrogen-bond acceptors (Lipinski definition) is 2. The average molecular weight is 188 g/mol. The zero-order valence-corrected chi connectivity index (χ0v) is 8.94. The molecule has 1 rings (SSSR count). The number of allylic oxidation sites excluding steroid dienone is 4. The molecule has 0 bridgehead atoms. The molecule has 0 amide bonds. The summed E-state index contributed by atoms with van der Waals surface area (Å²) < 4.78 is 0. The van der Waals surface area contributed by atoms with Crippen LogP contribution in [0.2, 0.25) is 0 Å². The van der Waals surface area contributed by atoms with Crippen LogP contribution in [0.25, 0.3) is 0 Å². The maximum absolute atomic E-state index is 8.80. The van der Waals surface area contributed by atoms with Crippen molar-refractivity contribution in [3.05, 3.63) is 36.7 Å². The zero-order chi connectivity index (χ0) is 10.6. The van der Waals surface area contributed by atoms with Crippen molar-refractivity contribution in [2.45, 2.75) is 26.3 Å². The molecular weight excluding hydrogens is 172 g/mol. The quantitative estimate of drug-likeness (QED) is 0.584. The summed E-state index contributed by atoms with van der Waals surface area (Å²) in [5.41, 5.74) is 0.0538. The van der Waals surface area contributed by atoms with Gasteiger partial charge in [0.2, 0.25) is 0 Å². The summed E-state index contributed by atoms with van der Waals surface area (Å²) in [5, 5.41) is 8.80. The molecule has 74 valence electrons.